The summed E-state index contributed by atoms with van der Waals surface area (Å²) >= 11 is 0. The van der Waals surface area contributed by atoms with Crippen LogP contribution in [0.5, 0.6) is 0 Å². The second-order valence-electron chi connectivity index (χ2n) is 4.74. The van der Waals surface area contributed by atoms with Crippen LogP contribution in [0.1, 0.15) is 26.7 Å². The van der Waals surface area contributed by atoms with Crippen LogP contribution >= 0.6 is 7.37 Å². The molecule has 1 unspecified atom stereocenters. The second kappa shape index (κ2) is 5.89. The highest BCUT2D eigenvalue weighted by Crippen LogP contribution is 2.48. The topological polar surface area (TPSA) is 26.3 Å². The highest BCUT2D eigenvalue weighted by molar-refractivity contribution is 7.58. The third-order valence-electron chi connectivity index (χ3n) is 1.86. The van der Waals surface area contributed by atoms with E-state index in [0.29, 0.717) is 17.4 Å². The average molecular weight is 222 g/mol. The van der Waals surface area contributed by atoms with E-state index in [9.17, 15) is 4.57 Å². The number of hydrogen-bond donors (Lipinski definition) is 0. The second-order valence-corrected chi connectivity index (χ2v) is 7.36. The lowest BCUT2D eigenvalue weighted by molar-refractivity contribution is -0.858. The molecule has 0 bridgehead atoms. The maximum absolute atomic E-state index is 12.3. The van der Waals surface area contributed by atoms with Crippen molar-refractivity contribution >= 4 is 7.37 Å². The first-order valence-corrected chi connectivity index (χ1v) is 7.35. The average Bonchev–Trinajstić information content (AvgIpc) is 1.98. The molecule has 86 valence electrons. The predicted octanol–water partition coefficient (Wildman–Crippen LogP) is 2.76. The van der Waals surface area contributed by atoms with Gasteiger partial charge in [-0.2, -0.15) is 0 Å². The molecule has 0 saturated heterocycles. The molecule has 3 nitrogen and oxygen atoms in total. The maximum atomic E-state index is 12.3. The van der Waals surface area contributed by atoms with E-state index in [2.05, 4.69) is 28.1 Å². The largest absolute Gasteiger partial charge is 0.325 e. The number of rotatable bonds is 7. The van der Waals surface area contributed by atoms with Crippen molar-refractivity contribution in [2.24, 2.45) is 0 Å². The Morgan fingerprint density at radius 1 is 1.21 bits per heavy atom. The molecule has 0 amide bonds. The van der Waals surface area contributed by atoms with Crippen LogP contribution in [0.25, 0.3) is 0 Å². The lowest BCUT2D eigenvalue weighted by atomic mass is 10.4. The Morgan fingerprint density at radius 3 is 2.14 bits per heavy atom. The Kier molecular flexibility index (Phi) is 5.96. The molecule has 0 aromatic carbocycles. The number of quaternary nitrogens is 1. The molecular formula is C10H25NO2P+. The highest BCUT2D eigenvalue weighted by atomic mass is 31.2. The SMILES string of the molecule is CCCCP(=O)(C[N+](C)(C)C)OCC. The van der Waals surface area contributed by atoms with Crippen molar-refractivity contribution < 1.29 is 13.6 Å². The molecule has 0 aliphatic carbocycles. The standard InChI is InChI=1S/C10H25NO2P/c1-6-8-9-14(12,13-7-2)10-11(3,4)5/h6-10H2,1-5H3/q+1. The molecule has 0 radical (unpaired) electrons. The zero-order chi connectivity index (χ0) is 11.2. The molecule has 1 atom stereocenters. The van der Waals surface area contributed by atoms with Crippen LogP contribution in [0.15, 0.2) is 0 Å². The van der Waals surface area contributed by atoms with E-state index in [1.807, 2.05) is 6.92 Å². The van der Waals surface area contributed by atoms with Gasteiger partial charge in [-0.05, 0) is 13.3 Å². The number of hydrogen-bond acceptors (Lipinski definition) is 2. The minimum absolute atomic E-state index is 0.557. The Morgan fingerprint density at radius 2 is 1.79 bits per heavy atom. The molecule has 0 heterocycles. The third kappa shape index (κ3) is 6.58. The van der Waals surface area contributed by atoms with Gasteiger partial charge in [0.1, 0.15) is 0 Å². The summed E-state index contributed by atoms with van der Waals surface area (Å²) in [6.45, 7) is 4.58. The fourth-order valence-corrected chi connectivity index (χ4v) is 4.37. The third-order valence-corrected chi connectivity index (χ3v) is 4.86. The summed E-state index contributed by atoms with van der Waals surface area (Å²) in [5.41, 5.74) is 0. The van der Waals surface area contributed by atoms with Crippen LogP contribution in [0.2, 0.25) is 0 Å². The van der Waals surface area contributed by atoms with Gasteiger partial charge in [0.2, 0.25) is 0 Å². The normalized spacial score (nSPS) is 16.6. The summed E-state index contributed by atoms with van der Waals surface area (Å²) in [5, 5.41) is 0. The van der Waals surface area contributed by atoms with Crippen molar-refractivity contribution in [3.05, 3.63) is 0 Å². The van der Waals surface area contributed by atoms with Crippen LogP contribution in [0.4, 0.5) is 0 Å². The van der Waals surface area contributed by atoms with Crippen molar-refractivity contribution in [2.45, 2.75) is 26.7 Å². The van der Waals surface area contributed by atoms with Crippen molar-refractivity contribution in [3.8, 4) is 0 Å². The monoisotopic (exact) mass is 222 g/mol. The predicted molar refractivity (Wildman–Crippen MR) is 61.9 cm³/mol. The molecule has 0 aromatic heterocycles. The molecule has 14 heavy (non-hydrogen) atoms. The van der Waals surface area contributed by atoms with E-state index in [-0.39, 0.29) is 0 Å². The van der Waals surface area contributed by atoms with E-state index in [1.54, 1.807) is 0 Å². The van der Waals surface area contributed by atoms with Gasteiger partial charge in [0, 0.05) is 6.16 Å². The number of nitrogens with zero attached hydrogens (tertiary/aromatic N) is 1. The quantitative estimate of drug-likeness (QED) is 0.489. The molecule has 0 saturated carbocycles. The molecule has 0 aliphatic rings. The van der Waals surface area contributed by atoms with Gasteiger partial charge in [-0.3, -0.25) is 4.57 Å². The van der Waals surface area contributed by atoms with Gasteiger partial charge in [-0.15, -0.1) is 0 Å². The summed E-state index contributed by atoms with van der Waals surface area (Å²) in [5.74, 6) is 0. The summed E-state index contributed by atoms with van der Waals surface area (Å²) in [6, 6.07) is 0. The van der Waals surface area contributed by atoms with Crippen LogP contribution in [0, 0.1) is 0 Å². The molecular weight excluding hydrogens is 197 g/mol. The van der Waals surface area contributed by atoms with Gasteiger partial charge in [0.25, 0.3) is 7.37 Å². The Bertz CT molecular complexity index is 199. The molecule has 4 heteroatoms. The molecule has 0 rings (SSSR count). The summed E-state index contributed by atoms with van der Waals surface area (Å²) < 4.78 is 18.5. The van der Waals surface area contributed by atoms with E-state index in [1.165, 1.54) is 0 Å². The fraction of sp³-hybridized carbons (Fsp3) is 1.00. The Balaban J connectivity index is 4.31. The Labute approximate surface area is 88.5 Å². The van der Waals surface area contributed by atoms with Crippen molar-refractivity contribution in [1.82, 2.24) is 0 Å². The van der Waals surface area contributed by atoms with E-state index >= 15 is 0 Å². The van der Waals surface area contributed by atoms with Gasteiger partial charge in [-0.25, -0.2) is 0 Å². The summed E-state index contributed by atoms with van der Waals surface area (Å²) in [4.78, 5) is 0. The minimum atomic E-state index is -2.39. The molecule has 0 N–H and O–H groups in total. The maximum Gasteiger partial charge on any atom is 0.255 e. The van der Waals surface area contributed by atoms with Gasteiger partial charge in [0.15, 0.2) is 6.29 Å². The van der Waals surface area contributed by atoms with Crippen molar-refractivity contribution in [2.75, 3.05) is 40.2 Å². The van der Waals surface area contributed by atoms with Gasteiger partial charge >= 0.3 is 0 Å². The molecule has 0 spiro atoms. The zero-order valence-electron chi connectivity index (χ0n) is 10.2. The zero-order valence-corrected chi connectivity index (χ0v) is 11.1. The van der Waals surface area contributed by atoms with Crippen molar-refractivity contribution in [3.63, 3.8) is 0 Å². The fourth-order valence-electron chi connectivity index (χ4n) is 1.46. The Hall–Kier alpha value is 0.150. The van der Waals surface area contributed by atoms with Crippen molar-refractivity contribution in [1.29, 1.82) is 0 Å². The van der Waals surface area contributed by atoms with E-state index in [0.717, 1.165) is 19.0 Å². The van der Waals surface area contributed by atoms with Crippen LogP contribution < -0.4 is 0 Å². The summed E-state index contributed by atoms with van der Waals surface area (Å²) in [6.07, 6.45) is 3.44. The van der Waals surface area contributed by atoms with E-state index in [4.69, 9.17) is 4.52 Å². The van der Waals surface area contributed by atoms with E-state index < -0.39 is 7.37 Å². The molecule has 0 fully saturated rings. The van der Waals surface area contributed by atoms with Crippen LogP contribution in [-0.4, -0.2) is 44.7 Å². The summed E-state index contributed by atoms with van der Waals surface area (Å²) in [7, 11) is 3.77. The van der Waals surface area contributed by atoms with Crippen LogP contribution in [-0.2, 0) is 9.09 Å². The lowest BCUT2D eigenvalue weighted by Crippen LogP contribution is -2.36. The van der Waals surface area contributed by atoms with Gasteiger partial charge in [-0.1, -0.05) is 13.3 Å². The minimum Gasteiger partial charge on any atom is -0.325 e. The highest BCUT2D eigenvalue weighted by Gasteiger charge is 2.29. The first-order valence-electron chi connectivity index (χ1n) is 5.36. The molecule has 0 aliphatic heterocycles. The first-order chi connectivity index (χ1) is 6.33. The molecule has 0 aromatic rings. The van der Waals surface area contributed by atoms with Crippen LogP contribution in [0.3, 0.4) is 0 Å². The van der Waals surface area contributed by atoms with Gasteiger partial charge in [0.05, 0.1) is 27.7 Å². The first kappa shape index (κ1) is 14.2. The smallest absolute Gasteiger partial charge is 0.255 e. The number of unbranched alkanes of at least 4 members (excludes halogenated alkanes) is 1. The van der Waals surface area contributed by atoms with Gasteiger partial charge < -0.3 is 9.01 Å². The lowest BCUT2D eigenvalue weighted by Gasteiger charge is -2.28.